The van der Waals surface area contributed by atoms with Crippen LogP contribution in [0, 0.1) is 17.7 Å². The smallest absolute Gasteiger partial charge is 0.256 e. The molecule has 6 nitrogen and oxygen atoms in total. The van der Waals surface area contributed by atoms with Gasteiger partial charge in [-0.15, -0.1) is 0 Å². The van der Waals surface area contributed by atoms with Gasteiger partial charge in [0.2, 0.25) is 0 Å². The lowest BCUT2D eigenvalue weighted by atomic mass is 10.1. The molecule has 0 atom stereocenters. The minimum atomic E-state index is -0.658. The monoisotopic (exact) mass is 288 g/mol. The number of hydrogen-bond acceptors (Lipinski definition) is 4. The van der Waals surface area contributed by atoms with Crippen LogP contribution in [0.4, 0.5) is 4.39 Å². The molecule has 1 aromatic heterocycles. The number of aromatic nitrogens is 3. The van der Waals surface area contributed by atoms with Crippen molar-refractivity contribution < 1.29 is 14.3 Å². The standard InChI is InChI=1S/C14H13FN4O2/c1-19(8-13-16-9-17-18-13)14(21)11-5-4-10(3-2-6-20)7-12(11)15/h4-5,7,9,20H,6,8H2,1H3,(H,16,17,18). The van der Waals surface area contributed by atoms with Crippen LogP contribution in [-0.4, -0.2) is 44.7 Å². The van der Waals surface area contributed by atoms with Gasteiger partial charge in [0.05, 0.1) is 12.1 Å². The number of carbonyl (C=O) groups is 1. The van der Waals surface area contributed by atoms with Crippen molar-refractivity contribution in [3.8, 4) is 11.8 Å². The highest BCUT2D eigenvalue weighted by Gasteiger charge is 2.17. The molecule has 0 aliphatic carbocycles. The number of nitrogens with zero attached hydrogens (tertiary/aromatic N) is 3. The van der Waals surface area contributed by atoms with Gasteiger partial charge in [-0.25, -0.2) is 9.37 Å². The molecule has 1 amide bonds. The fourth-order valence-electron chi connectivity index (χ4n) is 1.72. The number of aliphatic hydroxyl groups excluding tert-OH is 1. The van der Waals surface area contributed by atoms with E-state index in [2.05, 4.69) is 27.0 Å². The van der Waals surface area contributed by atoms with Gasteiger partial charge in [-0.1, -0.05) is 11.8 Å². The summed E-state index contributed by atoms with van der Waals surface area (Å²) < 4.78 is 14.0. The lowest BCUT2D eigenvalue weighted by Gasteiger charge is -2.16. The predicted octanol–water partition coefficient (Wildman–Crippen LogP) is 0.560. The Kier molecular flexibility index (Phi) is 4.64. The van der Waals surface area contributed by atoms with Gasteiger partial charge in [-0.05, 0) is 18.2 Å². The zero-order valence-electron chi connectivity index (χ0n) is 11.3. The molecule has 7 heteroatoms. The quantitative estimate of drug-likeness (QED) is 0.809. The summed E-state index contributed by atoms with van der Waals surface area (Å²) in [5.41, 5.74) is 0.350. The molecule has 0 radical (unpaired) electrons. The van der Waals surface area contributed by atoms with Gasteiger partial charge < -0.3 is 10.0 Å². The Bertz CT molecular complexity index is 689. The molecule has 0 unspecified atom stereocenters. The average molecular weight is 288 g/mol. The predicted molar refractivity (Wildman–Crippen MR) is 72.5 cm³/mol. The number of aliphatic hydroxyl groups is 1. The fourth-order valence-corrected chi connectivity index (χ4v) is 1.72. The lowest BCUT2D eigenvalue weighted by Crippen LogP contribution is -2.27. The number of hydrogen-bond donors (Lipinski definition) is 2. The number of nitrogens with one attached hydrogen (secondary N) is 1. The van der Waals surface area contributed by atoms with Crippen molar-refractivity contribution in [3.05, 3.63) is 47.3 Å². The molecule has 1 heterocycles. The molecular weight excluding hydrogens is 275 g/mol. The van der Waals surface area contributed by atoms with Crippen LogP contribution >= 0.6 is 0 Å². The maximum atomic E-state index is 14.0. The highest BCUT2D eigenvalue weighted by Crippen LogP contribution is 2.13. The highest BCUT2D eigenvalue weighted by atomic mass is 19.1. The van der Waals surface area contributed by atoms with Crippen LogP contribution in [0.2, 0.25) is 0 Å². The zero-order chi connectivity index (χ0) is 15.2. The molecule has 2 rings (SSSR count). The minimum Gasteiger partial charge on any atom is -0.384 e. The van der Waals surface area contributed by atoms with Gasteiger partial charge >= 0.3 is 0 Å². The second-order valence-electron chi connectivity index (χ2n) is 4.25. The first kappa shape index (κ1) is 14.7. The van der Waals surface area contributed by atoms with Crippen LogP contribution in [0.1, 0.15) is 21.7 Å². The Morgan fingerprint density at radius 1 is 1.52 bits per heavy atom. The van der Waals surface area contributed by atoms with Gasteiger partial charge in [-0.2, -0.15) is 5.10 Å². The van der Waals surface area contributed by atoms with Crippen molar-refractivity contribution in [2.45, 2.75) is 6.54 Å². The van der Waals surface area contributed by atoms with Crippen LogP contribution in [0.3, 0.4) is 0 Å². The highest BCUT2D eigenvalue weighted by molar-refractivity contribution is 5.94. The summed E-state index contributed by atoms with van der Waals surface area (Å²) >= 11 is 0. The van der Waals surface area contributed by atoms with Crippen molar-refractivity contribution in [2.75, 3.05) is 13.7 Å². The largest absolute Gasteiger partial charge is 0.384 e. The second kappa shape index (κ2) is 6.63. The Labute approximate surface area is 120 Å². The maximum absolute atomic E-state index is 14.0. The van der Waals surface area contributed by atoms with E-state index in [1.165, 1.54) is 23.4 Å². The summed E-state index contributed by atoms with van der Waals surface area (Å²) in [6.45, 7) is -0.105. The molecular formula is C14H13FN4O2. The Balaban J connectivity index is 2.15. The second-order valence-corrected chi connectivity index (χ2v) is 4.25. The molecule has 0 saturated carbocycles. The molecule has 0 fully saturated rings. The first-order valence-corrected chi connectivity index (χ1v) is 6.11. The third-order valence-electron chi connectivity index (χ3n) is 2.71. The third-order valence-corrected chi connectivity index (χ3v) is 2.71. The summed E-state index contributed by atoms with van der Waals surface area (Å²) in [5, 5.41) is 14.9. The van der Waals surface area contributed by atoms with E-state index in [9.17, 15) is 9.18 Å². The maximum Gasteiger partial charge on any atom is 0.256 e. The number of H-pyrrole nitrogens is 1. The topological polar surface area (TPSA) is 82.1 Å². The molecule has 0 spiro atoms. The zero-order valence-corrected chi connectivity index (χ0v) is 11.3. The summed E-state index contributed by atoms with van der Waals surface area (Å²) in [7, 11) is 1.55. The number of amides is 1. The van der Waals surface area contributed by atoms with E-state index in [-0.39, 0.29) is 18.7 Å². The first-order valence-electron chi connectivity index (χ1n) is 6.11. The van der Waals surface area contributed by atoms with Gasteiger partial charge in [0.25, 0.3) is 5.91 Å². The lowest BCUT2D eigenvalue weighted by molar-refractivity contribution is 0.0777. The van der Waals surface area contributed by atoms with Crippen LogP contribution in [0.5, 0.6) is 0 Å². The van der Waals surface area contributed by atoms with Crippen LogP contribution in [0.15, 0.2) is 24.5 Å². The van der Waals surface area contributed by atoms with E-state index in [1.54, 1.807) is 7.05 Å². The van der Waals surface area contributed by atoms with E-state index in [4.69, 9.17) is 5.11 Å². The molecule has 108 valence electrons. The van der Waals surface area contributed by atoms with E-state index >= 15 is 0 Å². The van der Waals surface area contributed by atoms with Crippen LogP contribution in [-0.2, 0) is 6.54 Å². The summed E-state index contributed by atoms with van der Waals surface area (Å²) in [6, 6.07) is 4.06. The molecule has 0 bridgehead atoms. The van der Waals surface area contributed by atoms with Gasteiger partial charge in [0, 0.05) is 12.6 Å². The van der Waals surface area contributed by atoms with Gasteiger partial charge in [0.1, 0.15) is 24.6 Å². The molecule has 0 aliphatic rings. The number of rotatable bonds is 3. The van der Waals surface area contributed by atoms with E-state index in [1.807, 2.05) is 0 Å². The summed E-state index contributed by atoms with van der Waals surface area (Å²) in [6.07, 6.45) is 1.34. The Hall–Kier alpha value is -2.72. The van der Waals surface area contributed by atoms with E-state index < -0.39 is 11.7 Å². The van der Waals surface area contributed by atoms with E-state index in [0.29, 0.717) is 11.4 Å². The normalized spacial score (nSPS) is 9.86. The van der Waals surface area contributed by atoms with Crippen molar-refractivity contribution in [2.24, 2.45) is 0 Å². The molecule has 2 N–H and O–H groups in total. The Morgan fingerprint density at radius 2 is 2.33 bits per heavy atom. The number of benzene rings is 1. The van der Waals surface area contributed by atoms with Crippen molar-refractivity contribution >= 4 is 5.91 Å². The summed E-state index contributed by atoms with van der Waals surface area (Å²) in [4.78, 5) is 17.4. The molecule has 0 aliphatic heterocycles. The third kappa shape index (κ3) is 3.64. The molecule has 0 saturated heterocycles. The fraction of sp³-hybridized carbons (Fsp3) is 0.214. The van der Waals surface area contributed by atoms with Crippen LogP contribution < -0.4 is 0 Å². The summed E-state index contributed by atoms with van der Waals surface area (Å²) in [5.74, 6) is 4.38. The average Bonchev–Trinajstić information content (AvgIpc) is 2.97. The van der Waals surface area contributed by atoms with E-state index in [0.717, 1.165) is 6.07 Å². The molecule has 21 heavy (non-hydrogen) atoms. The molecule has 1 aromatic carbocycles. The van der Waals surface area contributed by atoms with Gasteiger partial charge in [-0.3, -0.25) is 9.89 Å². The van der Waals surface area contributed by atoms with Crippen molar-refractivity contribution in [1.82, 2.24) is 20.1 Å². The SMILES string of the molecule is CN(Cc1ncn[nH]1)C(=O)c1ccc(C#CCO)cc1F. The number of aromatic amines is 1. The first-order chi connectivity index (χ1) is 10.1. The Morgan fingerprint density at radius 3 is 2.95 bits per heavy atom. The number of halogens is 1. The van der Waals surface area contributed by atoms with Gasteiger partial charge in [0.15, 0.2) is 0 Å². The van der Waals surface area contributed by atoms with Crippen molar-refractivity contribution in [3.63, 3.8) is 0 Å². The molecule has 2 aromatic rings. The van der Waals surface area contributed by atoms with Crippen molar-refractivity contribution in [1.29, 1.82) is 0 Å². The minimum absolute atomic E-state index is 0.0495. The number of carbonyl (C=O) groups excluding carboxylic acids is 1. The van der Waals surface area contributed by atoms with Crippen LogP contribution in [0.25, 0.3) is 0 Å².